The molecule has 0 unspecified atom stereocenters. The molecule has 1 aliphatic heterocycles. The van der Waals surface area contributed by atoms with E-state index in [1.54, 1.807) is 12.1 Å². The maximum absolute atomic E-state index is 11.0. The Labute approximate surface area is 117 Å². The first-order valence-corrected chi connectivity index (χ1v) is 6.53. The highest BCUT2D eigenvalue weighted by molar-refractivity contribution is 5.50. The minimum Gasteiger partial charge on any atom is -0.628 e. The number of morpholine rings is 1. The number of quaternary nitrogens is 1. The predicted octanol–water partition coefficient (Wildman–Crippen LogP) is -0.0818. The van der Waals surface area contributed by atoms with E-state index in [9.17, 15) is 10.4 Å². The topological polar surface area (TPSA) is 81.5 Å². The number of ether oxygens (including phenoxy) is 3. The monoisotopic (exact) mass is 283 g/mol. The summed E-state index contributed by atoms with van der Waals surface area (Å²) >= 11 is 0. The van der Waals surface area contributed by atoms with E-state index in [0.717, 1.165) is 32.8 Å². The summed E-state index contributed by atoms with van der Waals surface area (Å²) < 4.78 is 15.8. The van der Waals surface area contributed by atoms with Crippen molar-refractivity contribution in [2.75, 3.05) is 46.6 Å². The van der Waals surface area contributed by atoms with Crippen LogP contribution < -0.4 is 14.7 Å². The highest BCUT2D eigenvalue weighted by Crippen LogP contribution is 2.25. The first-order chi connectivity index (χ1) is 9.70. The highest BCUT2D eigenvalue weighted by Gasteiger charge is 2.11. The Balaban J connectivity index is 1.87. The molecule has 0 bridgehead atoms. The van der Waals surface area contributed by atoms with Gasteiger partial charge in [-0.1, -0.05) is 0 Å². The van der Waals surface area contributed by atoms with Gasteiger partial charge in [0.05, 0.1) is 20.3 Å². The van der Waals surface area contributed by atoms with Crippen molar-refractivity contribution in [2.24, 2.45) is 0 Å². The number of methoxy groups -OCH3 is 1. The minimum absolute atomic E-state index is 0.00336. The molecule has 0 spiro atoms. The molecule has 0 radical (unpaired) electrons. The van der Waals surface area contributed by atoms with Crippen molar-refractivity contribution in [3.8, 4) is 11.5 Å². The van der Waals surface area contributed by atoms with Gasteiger partial charge in [0.25, 0.3) is 0 Å². The molecule has 1 heterocycles. The Hall–Kier alpha value is -1.38. The van der Waals surface area contributed by atoms with Crippen LogP contribution >= 0.6 is 0 Å². The lowest BCUT2D eigenvalue weighted by atomic mass is 10.3. The van der Waals surface area contributed by atoms with E-state index < -0.39 is 5.23 Å². The second-order valence-corrected chi connectivity index (χ2v) is 4.45. The first kappa shape index (κ1) is 15.0. The van der Waals surface area contributed by atoms with Gasteiger partial charge >= 0.3 is 0 Å². The largest absolute Gasteiger partial charge is 0.628 e. The van der Waals surface area contributed by atoms with Gasteiger partial charge in [-0.25, -0.2) is 0 Å². The average Bonchev–Trinajstić information content (AvgIpc) is 2.48. The van der Waals surface area contributed by atoms with Gasteiger partial charge in [0.15, 0.2) is 11.4 Å². The molecular weight excluding hydrogens is 264 g/mol. The molecular formula is C13H19N2O5-. The smallest absolute Gasteiger partial charge is 0.180 e. The van der Waals surface area contributed by atoms with Crippen LogP contribution in [-0.2, 0) is 4.74 Å². The SMILES string of the molecule is COc1ccc(OCCN2CCOCC2)cc1[NH+]([O-])[O-]. The summed E-state index contributed by atoms with van der Waals surface area (Å²) in [6.45, 7) is 4.58. The van der Waals surface area contributed by atoms with Crippen LogP contribution in [0.15, 0.2) is 18.2 Å². The second kappa shape index (κ2) is 7.41. The number of hydrogen-bond donors (Lipinski definition) is 1. The molecule has 1 aliphatic rings. The Morgan fingerprint density at radius 1 is 1.30 bits per heavy atom. The lowest BCUT2D eigenvalue weighted by Crippen LogP contribution is -2.96. The summed E-state index contributed by atoms with van der Waals surface area (Å²) in [5.41, 5.74) is -0.00336. The molecule has 2 rings (SSSR count). The minimum atomic E-state index is -1.28. The van der Waals surface area contributed by atoms with E-state index in [4.69, 9.17) is 14.2 Å². The molecule has 7 nitrogen and oxygen atoms in total. The average molecular weight is 283 g/mol. The summed E-state index contributed by atoms with van der Waals surface area (Å²) in [7, 11) is 1.42. The summed E-state index contributed by atoms with van der Waals surface area (Å²) in [5, 5.41) is 20.7. The van der Waals surface area contributed by atoms with Crippen molar-refractivity contribution in [1.29, 1.82) is 0 Å². The molecule has 1 saturated heterocycles. The van der Waals surface area contributed by atoms with E-state index in [1.165, 1.54) is 13.2 Å². The maximum Gasteiger partial charge on any atom is 0.180 e. The van der Waals surface area contributed by atoms with Crippen LogP contribution in [0.3, 0.4) is 0 Å². The molecule has 1 aromatic carbocycles. The van der Waals surface area contributed by atoms with E-state index >= 15 is 0 Å². The van der Waals surface area contributed by atoms with Crippen molar-refractivity contribution in [3.63, 3.8) is 0 Å². The fourth-order valence-corrected chi connectivity index (χ4v) is 2.05. The number of nitrogens with one attached hydrogen (secondary N) is 1. The Morgan fingerprint density at radius 3 is 2.70 bits per heavy atom. The van der Waals surface area contributed by atoms with Gasteiger partial charge in [-0.15, -0.1) is 0 Å². The van der Waals surface area contributed by atoms with Crippen LogP contribution in [0.1, 0.15) is 0 Å². The van der Waals surface area contributed by atoms with Gasteiger partial charge in [-0.2, -0.15) is 0 Å². The first-order valence-electron chi connectivity index (χ1n) is 6.53. The van der Waals surface area contributed by atoms with Crippen LogP contribution in [0.4, 0.5) is 5.69 Å². The molecule has 0 atom stereocenters. The third-order valence-electron chi connectivity index (χ3n) is 3.17. The lowest BCUT2D eigenvalue weighted by molar-refractivity contribution is -0.715. The Bertz CT molecular complexity index is 421. The number of hydrogen-bond acceptors (Lipinski definition) is 6. The molecule has 112 valence electrons. The van der Waals surface area contributed by atoms with Crippen molar-refractivity contribution >= 4 is 5.69 Å². The molecule has 0 aromatic heterocycles. The van der Waals surface area contributed by atoms with Crippen molar-refractivity contribution in [2.45, 2.75) is 0 Å². The standard InChI is InChI=1S/C13H19N2O5/c1-18-13-3-2-11(10-12(13)15(16)17)20-9-6-14-4-7-19-8-5-14/h2-3,10,15H,4-9H2,1H3/q-1. The van der Waals surface area contributed by atoms with Crippen molar-refractivity contribution in [1.82, 2.24) is 4.90 Å². The third-order valence-corrected chi connectivity index (χ3v) is 3.17. The zero-order valence-electron chi connectivity index (χ0n) is 11.5. The molecule has 20 heavy (non-hydrogen) atoms. The van der Waals surface area contributed by atoms with Crippen LogP contribution in [0.2, 0.25) is 0 Å². The van der Waals surface area contributed by atoms with Crippen molar-refractivity contribution < 1.29 is 19.4 Å². The second-order valence-electron chi connectivity index (χ2n) is 4.45. The number of benzene rings is 1. The van der Waals surface area contributed by atoms with E-state index in [1.807, 2.05) is 0 Å². The lowest BCUT2D eigenvalue weighted by Gasteiger charge is -2.27. The molecule has 7 heteroatoms. The van der Waals surface area contributed by atoms with Crippen LogP contribution in [0.25, 0.3) is 0 Å². The quantitative estimate of drug-likeness (QED) is 0.735. The van der Waals surface area contributed by atoms with Gasteiger partial charge in [-0.05, 0) is 12.1 Å². The molecule has 0 amide bonds. The van der Waals surface area contributed by atoms with Gasteiger partial charge in [-0.3, -0.25) is 4.90 Å². The van der Waals surface area contributed by atoms with Crippen LogP contribution in [0, 0.1) is 10.4 Å². The predicted molar refractivity (Wildman–Crippen MR) is 73.1 cm³/mol. The number of nitrogens with zero attached hydrogens (tertiary/aromatic N) is 1. The Kier molecular flexibility index (Phi) is 5.57. The van der Waals surface area contributed by atoms with Gasteiger partial charge in [0, 0.05) is 25.7 Å². The summed E-state index contributed by atoms with van der Waals surface area (Å²) in [5.74, 6) is 0.767. The molecule has 0 saturated carbocycles. The maximum atomic E-state index is 11.0. The fraction of sp³-hybridized carbons (Fsp3) is 0.538. The summed E-state index contributed by atoms with van der Waals surface area (Å²) in [4.78, 5) is 2.24. The van der Waals surface area contributed by atoms with E-state index in [0.29, 0.717) is 12.4 Å². The zero-order chi connectivity index (χ0) is 14.4. The Morgan fingerprint density at radius 2 is 2.05 bits per heavy atom. The summed E-state index contributed by atoms with van der Waals surface area (Å²) in [6.07, 6.45) is 0. The van der Waals surface area contributed by atoms with Gasteiger partial charge in [0.1, 0.15) is 12.4 Å². The fourth-order valence-electron chi connectivity index (χ4n) is 2.05. The van der Waals surface area contributed by atoms with Crippen molar-refractivity contribution in [3.05, 3.63) is 28.6 Å². The third kappa shape index (κ3) is 4.06. The molecule has 1 aromatic rings. The zero-order valence-corrected chi connectivity index (χ0v) is 11.5. The van der Waals surface area contributed by atoms with E-state index in [-0.39, 0.29) is 11.4 Å². The normalized spacial score (nSPS) is 16.4. The van der Waals surface area contributed by atoms with Gasteiger partial charge in [0.2, 0.25) is 0 Å². The van der Waals surface area contributed by atoms with Crippen LogP contribution in [-0.4, -0.2) is 51.5 Å². The highest BCUT2D eigenvalue weighted by atomic mass is 16.8. The van der Waals surface area contributed by atoms with Gasteiger partial charge < -0.3 is 29.9 Å². The molecule has 1 N–H and O–H groups in total. The van der Waals surface area contributed by atoms with E-state index in [2.05, 4.69) is 4.90 Å². The van der Waals surface area contributed by atoms with Crippen LogP contribution in [0.5, 0.6) is 11.5 Å². The number of rotatable bonds is 6. The molecule has 0 aliphatic carbocycles. The summed E-state index contributed by atoms with van der Waals surface area (Å²) in [6, 6.07) is 4.67. The molecule has 1 fully saturated rings.